The lowest BCUT2D eigenvalue weighted by Gasteiger charge is -2.28. The Morgan fingerprint density at radius 3 is 2.68 bits per heavy atom. The molecule has 0 saturated carbocycles. The minimum absolute atomic E-state index is 0.0220. The highest BCUT2D eigenvalue weighted by atomic mass is 28.3. The normalized spacial score (nSPS) is 17.1. The van der Waals surface area contributed by atoms with Gasteiger partial charge in [0.1, 0.15) is 18.1 Å². The molecule has 1 aromatic carbocycles. The van der Waals surface area contributed by atoms with E-state index in [0.29, 0.717) is 43.3 Å². The van der Waals surface area contributed by atoms with Crippen LogP contribution < -0.4 is 10.1 Å². The van der Waals surface area contributed by atoms with Crippen LogP contribution in [-0.2, 0) is 16.2 Å². The fraction of sp³-hybridized carbons (Fsp3) is 0.484. The Morgan fingerprint density at radius 2 is 1.98 bits per heavy atom. The average Bonchev–Trinajstić information content (AvgIpc) is 3.31. The third-order valence-electron chi connectivity index (χ3n) is 7.34. The predicted octanol–water partition coefficient (Wildman–Crippen LogP) is 8.20. The maximum absolute atomic E-state index is 15.7. The highest BCUT2D eigenvalue weighted by Crippen LogP contribution is 2.40. The molecule has 3 aromatic rings. The first kappa shape index (κ1) is 29.3. The van der Waals surface area contributed by atoms with Crippen LogP contribution >= 0.6 is 0 Å². The van der Waals surface area contributed by atoms with Crippen LogP contribution in [0.25, 0.3) is 16.6 Å². The van der Waals surface area contributed by atoms with Gasteiger partial charge in [-0.25, -0.2) is 18.8 Å². The zero-order valence-corrected chi connectivity index (χ0v) is 25.7. The van der Waals surface area contributed by atoms with Gasteiger partial charge >= 0.3 is 0 Å². The second-order valence-corrected chi connectivity index (χ2v) is 18.5. The molecular weight excluding hydrogens is 542 g/mol. The molecule has 0 amide bonds. The van der Waals surface area contributed by atoms with Gasteiger partial charge in [-0.15, -0.1) is 0 Å². The molecule has 2 aromatic heterocycles. The minimum Gasteiger partial charge on any atom is -0.464 e. The number of halogens is 2. The van der Waals surface area contributed by atoms with Crippen molar-refractivity contribution in [1.29, 1.82) is 0 Å². The molecule has 1 N–H and O–H groups in total. The van der Waals surface area contributed by atoms with Crippen molar-refractivity contribution in [2.75, 3.05) is 25.1 Å². The van der Waals surface area contributed by atoms with E-state index in [2.05, 4.69) is 41.0 Å². The van der Waals surface area contributed by atoms with Crippen LogP contribution in [0.2, 0.25) is 25.7 Å². The molecule has 0 radical (unpaired) electrons. The second kappa shape index (κ2) is 11.9. The maximum Gasteiger partial charge on any atom is 0.289 e. The van der Waals surface area contributed by atoms with Crippen molar-refractivity contribution in [3.8, 4) is 11.5 Å². The zero-order valence-electron chi connectivity index (χ0n) is 24.7. The second-order valence-electron chi connectivity index (χ2n) is 12.9. The van der Waals surface area contributed by atoms with Crippen LogP contribution in [-0.4, -0.2) is 43.4 Å². The number of aromatic nitrogens is 2. The largest absolute Gasteiger partial charge is 0.464 e. The Balaban J connectivity index is 1.48. The van der Waals surface area contributed by atoms with E-state index in [1.807, 2.05) is 24.6 Å². The number of benzene rings is 1. The summed E-state index contributed by atoms with van der Waals surface area (Å²) in [6.45, 7) is 13.0. The number of amidine groups is 1. The summed E-state index contributed by atoms with van der Waals surface area (Å²) in [4.78, 5) is 8.99. The first-order valence-electron chi connectivity index (χ1n) is 14.4. The number of anilines is 1. The molecule has 2 aliphatic rings. The lowest BCUT2D eigenvalue weighted by atomic mass is 9.94. The average molecular weight is 583 g/mol. The summed E-state index contributed by atoms with van der Waals surface area (Å²) < 4.78 is 50.5. The molecule has 41 heavy (non-hydrogen) atoms. The highest BCUT2D eigenvalue weighted by Gasteiger charge is 2.26. The number of ether oxygens (including phenoxy) is 3. The van der Waals surface area contributed by atoms with Gasteiger partial charge in [0, 0.05) is 38.1 Å². The summed E-state index contributed by atoms with van der Waals surface area (Å²) >= 11 is 0. The molecule has 7 nitrogen and oxygen atoms in total. The summed E-state index contributed by atoms with van der Waals surface area (Å²) in [6.07, 6.45) is 10.0. The van der Waals surface area contributed by atoms with Crippen LogP contribution in [0.5, 0.6) is 11.5 Å². The molecule has 10 heteroatoms. The molecule has 0 bridgehead atoms. The number of pyridine rings is 1. The Bertz CT molecular complexity index is 1480. The fourth-order valence-electron chi connectivity index (χ4n) is 4.90. The van der Waals surface area contributed by atoms with E-state index in [1.165, 1.54) is 17.7 Å². The standard InChI is InChI=1S/C31H40F2N4O3Si/c1-31(2)18-35-30(39-19-31)36-24-12-11-23(32)28(27(24)33)40-25-13-14-34-29-26(25)22(21-9-7-6-8-10-21)17-37(29)20-38-15-16-41(3,4)5/h9,11-14,17H,6-8,10,15-16,18-20H2,1-5H3,(H,35,36). The van der Waals surface area contributed by atoms with E-state index in [1.54, 1.807) is 12.3 Å². The first-order chi connectivity index (χ1) is 19.5. The first-order valence-corrected chi connectivity index (χ1v) is 18.1. The molecule has 0 atom stereocenters. The van der Waals surface area contributed by atoms with Crippen LogP contribution in [0.3, 0.4) is 0 Å². The third kappa shape index (κ3) is 6.98. The third-order valence-corrected chi connectivity index (χ3v) is 9.04. The summed E-state index contributed by atoms with van der Waals surface area (Å²) in [7, 11) is -1.23. The van der Waals surface area contributed by atoms with Gasteiger partial charge in [-0.2, -0.15) is 0 Å². The lowest BCUT2D eigenvalue weighted by molar-refractivity contribution is 0.0898. The lowest BCUT2D eigenvalue weighted by Crippen LogP contribution is -2.33. The summed E-state index contributed by atoms with van der Waals surface area (Å²) in [5.41, 5.74) is 2.72. The van der Waals surface area contributed by atoms with Gasteiger partial charge < -0.3 is 24.1 Å². The number of fused-ring (bicyclic) bond motifs is 1. The van der Waals surface area contributed by atoms with E-state index in [9.17, 15) is 0 Å². The molecule has 3 heterocycles. The monoisotopic (exact) mass is 582 g/mol. The van der Waals surface area contributed by atoms with E-state index >= 15 is 8.78 Å². The molecule has 0 unspecified atom stereocenters. The van der Waals surface area contributed by atoms with Crippen molar-refractivity contribution >= 4 is 36.4 Å². The van der Waals surface area contributed by atoms with Crippen molar-refractivity contribution in [3.63, 3.8) is 0 Å². The smallest absolute Gasteiger partial charge is 0.289 e. The predicted molar refractivity (Wildman–Crippen MR) is 162 cm³/mol. The van der Waals surface area contributed by atoms with Gasteiger partial charge in [0.05, 0.1) is 24.2 Å². The summed E-state index contributed by atoms with van der Waals surface area (Å²) in [6, 6.07) is 5.40. The van der Waals surface area contributed by atoms with Crippen molar-refractivity contribution in [2.45, 2.75) is 71.9 Å². The van der Waals surface area contributed by atoms with Crippen LogP contribution in [0.15, 0.2) is 41.7 Å². The molecule has 5 rings (SSSR count). The van der Waals surface area contributed by atoms with Gasteiger partial charge in [-0.1, -0.05) is 39.6 Å². The quantitative estimate of drug-likeness (QED) is 0.203. The molecule has 220 valence electrons. The molecule has 1 aliphatic carbocycles. The number of nitrogens with zero attached hydrogens (tertiary/aromatic N) is 3. The number of hydrogen-bond acceptors (Lipinski definition) is 6. The number of aliphatic imine (C=N–C) groups is 1. The Labute approximate surface area is 241 Å². The fourth-order valence-corrected chi connectivity index (χ4v) is 5.66. The Kier molecular flexibility index (Phi) is 8.51. The van der Waals surface area contributed by atoms with Gasteiger partial charge in [-0.3, -0.25) is 0 Å². The maximum atomic E-state index is 15.7. The van der Waals surface area contributed by atoms with Crippen molar-refractivity contribution in [3.05, 3.63) is 53.9 Å². The van der Waals surface area contributed by atoms with Crippen LogP contribution in [0.1, 0.15) is 45.1 Å². The summed E-state index contributed by atoms with van der Waals surface area (Å²) in [5, 5.41) is 3.57. The van der Waals surface area contributed by atoms with Gasteiger partial charge in [0.15, 0.2) is 11.6 Å². The number of allylic oxidation sites excluding steroid dienone is 2. The summed E-state index contributed by atoms with van der Waals surface area (Å²) in [5.74, 6) is -1.83. The van der Waals surface area contributed by atoms with Crippen molar-refractivity contribution in [1.82, 2.24) is 9.55 Å². The van der Waals surface area contributed by atoms with Gasteiger partial charge in [0.2, 0.25) is 5.75 Å². The van der Waals surface area contributed by atoms with Gasteiger partial charge in [-0.05, 0) is 55.5 Å². The number of rotatable bonds is 9. The number of nitrogens with one attached hydrogen (secondary N) is 1. The zero-order chi connectivity index (χ0) is 29.2. The highest BCUT2D eigenvalue weighted by molar-refractivity contribution is 6.76. The van der Waals surface area contributed by atoms with E-state index in [0.717, 1.165) is 37.3 Å². The minimum atomic E-state index is -1.23. The van der Waals surface area contributed by atoms with Crippen LogP contribution in [0.4, 0.5) is 14.5 Å². The Hall–Kier alpha value is -3.24. The molecule has 0 spiro atoms. The van der Waals surface area contributed by atoms with Crippen molar-refractivity contribution < 1.29 is 23.0 Å². The molecular formula is C31H40F2N4O3Si. The Morgan fingerprint density at radius 1 is 1.15 bits per heavy atom. The molecule has 0 saturated heterocycles. The number of hydrogen-bond donors (Lipinski definition) is 1. The topological polar surface area (TPSA) is 69.9 Å². The van der Waals surface area contributed by atoms with Gasteiger partial charge in [0.25, 0.3) is 6.02 Å². The van der Waals surface area contributed by atoms with E-state index in [4.69, 9.17) is 14.2 Å². The SMILES string of the molecule is CC1(C)CN=C(Nc2ccc(F)c(Oc3ccnc4c3c(C3=CCCCC3)cn4COCC[Si](C)(C)C)c2F)OC1. The van der Waals surface area contributed by atoms with E-state index < -0.39 is 25.5 Å². The van der Waals surface area contributed by atoms with Crippen LogP contribution in [0, 0.1) is 17.0 Å². The van der Waals surface area contributed by atoms with Crippen molar-refractivity contribution in [2.24, 2.45) is 10.4 Å². The molecule has 0 fully saturated rings. The molecule has 1 aliphatic heterocycles. The van der Waals surface area contributed by atoms with E-state index in [-0.39, 0.29) is 17.1 Å².